The highest BCUT2D eigenvalue weighted by atomic mass is 16.2. The topological polar surface area (TPSA) is 114 Å². The number of nitrogens with zero attached hydrogens (tertiary/aromatic N) is 5. The summed E-state index contributed by atoms with van der Waals surface area (Å²) in [6.07, 6.45) is 3.90. The SMILES string of the molecule is CC(C)C[C@H](NC(=O)N1CCN(c2ncccn2)CC1)C(=O)NCC#N. The molecule has 0 radical (unpaired) electrons. The van der Waals surface area contributed by atoms with Gasteiger partial charge in [-0.05, 0) is 18.4 Å². The minimum Gasteiger partial charge on any atom is -0.341 e. The summed E-state index contributed by atoms with van der Waals surface area (Å²) in [7, 11) is 0. The van der Waals surface area contributed by atoms with E-state index in [-0.39, 0.29) is 24.4 Å². The maximum absolute atomic E-state index is 12.5. The van der Waals surface area contributed by atoms with Crippen molar-refractivity contribution >= 4 is 17.9 Å². The summed E-state index contributed by atoms with van der Waals surface area (Å²) in [6, 6.07) is 2.72. The number of carbonyl (C=O) groups excluding carboxylic acids is 2. The number of nitriles is 1. The third kappa shape index (κ3) is 5.58. The van der Waals surface area contributed by atoms with Crippen LogP contribution in [0.25, 0.3) is 0 Å². The largest absolute Gasteiger partial charge is 0.341 e. The molecule has 0 aliphatic carbocycles. The second kappa shape index (κ2) is 9.56. The first-order valence-corrected chi connectivity index (χ1v) is 8.73. The van der Waals surface area contributed by atoms with Crippen molar-refractivity contribution in [1.29, 1.82) is 5.26 Å². The number of hydrogen-bond donors (Lipinski definition) is 2. The number of aromatic nitrogens is 2. The van der Waals surface area contributed by atoms with Crippen LogP contribution in [0, 0.1) is 17.2 Å². The molecule has 2 heterocycles. The van der Waals surface area contributed by atoms with Crippen LogP contribution in [0.3, 0.4) is 0 Å². The first kappa shape index (κ1) is 19.4. The Kier molecular flexibility index (Phi) is 7.14. The Morgan fingerprint density at radius 2 is 1.88 bits per heavy atom. The van der Waals surface area contributed by atoms with Crippen LogP contribution in [0.4, 0.5) is 10.7 Å². The summed E-state index contributed by atoms with van der Waals surface area (Å²) in [5.74, 6) is 0.561. The number of anilines is 1. The molecule has 140 valence electrons. The Labute approximate surface area is 153 Å². The van der Waals surface area contributed by atoms with E-state index >= 15 is 0 Å². The van der Waals surface area contributed by atoms with Crippen molar-refractivity contribution in [2.45, 2.75) is 26.3 Å². The summed E-state index contributed by atoms with van der Waals surface area (Å²) < 4.78 is 0. The molecule has 1 aliphatic heterocycles. The first-order chi connectivity index (χ1) is 12.5. The van der Waals surface area contributed by atoms with E-state index in [9.17, 15) is 9.59 Å². The van der Waals surface area contributed by atoms with E-state index < -0.39 is 6.04 Å². The normalized spacial score (nSPS) is 15.3. The molecule has 9 nitrogen and oxygen atoms in total. The van der Waals surface area contributed by atoms with Gasteiger partial charge in [-0.25, -0.2) is 14.8 Å². The Hall–Kier alpha value is -2.89. The second-order valence-electron chi connectivity index (χ2n) is 6.53. The van der Waals surface area contributed by atoms with Gasteiger partial charge in [-0.3, -0.25) is 4.79 Å². The van der Waals surface area contributed by atoms with E-state index in [4.69, 9.17) is 5.26 Å². The Bertz CT molecular complexity index is 636. The highest BCUT2D eigenvalue weighted by Crippen LogP contribution is 2.11. The van der Waals surface area contributed by atoms with Crippen LogP contribution in [0.5, 0.6) is 0 Å². The van der Waals surface area contributed by atoms with E-state index in [2.05, 4.69) is 20.6 Å². The molecule has 26 heavy (non-hydrogen) atoms. The van der Waals surface area contributed by atoms with Crippen molar-refractivity contribution in [1.82, 2.24) is 25.5 Å². The van der Waals surface area contributed by atoms with Crippen molar-refractivity contribution in [3.05, 3.63) is 18.5 Å². The molecule has 1 aliphatic rings. The summed E-state index contributed by atoms with van der Waals surface area (Å²) in [4.78, 5) is 36.9. The standard InChI is InChI=1S/C17H25N7O2/c1-13(2)12-14(15(25)19-7-4-18)22-17(26)24-10-8-23(9-11-24)16-20-5-3-6-21-16/h3,5-6,13-14H,7-12H2,1-2H3,(H,19,25)(H,22,26)/t14-/m0/s1. The fourth-order valence-electron chi connectivity index (χ4n) is 2.76. The number of amides is 3. The van der Waals surface area contributed by atoms with Crippen LogP contribution in [0.2, 0.25) is 0 Å². The maximum atomic E-state index is 12.5. The van der Waals surface area contributed by atoms with Crippen LogP contribution in [0.1, 0.15) is 20.3 Å². The van der Waals surface area contributed by atoms with Gasteiger partial charge in [-0.2, -0.15) is 5.26 Å². The molecular formula is C17H25N7O2. The van der Waals surface area contributed by atoms with Gasteiger partial charge in [0.25, 0.3) is 0 Å². The van der Waals surface area contributed by atoms with Crippen LogP contribution in [0.15, 0.2) is 18.5 Å². The lowest BCUT2D eigenvalue weighted by molar-refractivity contribution is -0.123. The lowest BCUT2D eigenvalue weighted by Crippen LogP contribution is -2.56. The molecule has 1 aromatic heterocycles. The van der Waals surface area contributed by atoms with Crippen molar-refractivity contribution in [2.24, 2.45) is 5.92 Å². The van der Waals surface area contributed by atoms with Gasteiger partial charge in [0.05, 0.1) is 6.07 Å². The molecule has 0 bridgehead atoms. The molecule has 0 spiro atoms. The Morgan fingerprint density at radius 3 is 2.46 bits per heavy atom. The van der Waals surface area contributed by atoms with Crippen LogP contribution in [-0.4, -0.2) is 65.6 Å². The highest BCUT2D eigenvalue weighted by Gasteiger charge is 2.27. The molecule has 3 amide bonds. The molecule has 0 aromatic carbocycles. The highest BCUT2D eigenvalue weighted by molar-refractivity contribution is 5.87. The molecule has 9 heteroatoms. The minimum atomic E-state index is -0.647. The van der Waals surface area contributed by atoms with Crippen LogP contribution >= 0.6 is 0 Å². The maximum Gasteiger partial charge on any atom is 0.318 e. The molecule has 1 saturated heterocycles. The van der Waals surface area contributed by atoms with Gasteiger partial charge in [0, 0.05) is 38.6 Å². The molecule has 1 aromatic rings. The number of piperazine rings is 1. The average molecular weight is 359 g/mol. The quantitative estimate of drug-likeness (QED) is 0.709. The van der Waals surface area contributed by atoms with E-state index in [1.54, 1.807) is 23.4 Å². The number of rotatable bonds is 6. The average Bonchev–Trinajstić information content (AvgIpc) is 2.66. The summed E-state index contributed by atoms with van der Waals surface area (Å²) in [5, 5.41) is 13.9. The smallest absolute Gasteiger partial charge is 0.318 e. The zero-order valence-electron chi connectivity index (χ0n) is 15.2. The zero-order chi connectivity index (χ0) is 18.9. The van der Waals surface area contributed by atoms with Crippen molar-refractivity contribution in [2.75, 3.05) is 37.6 Å². The monoisotopic (exact) mass is 359 g/mol. The minimum absolute atomic E-state index is 0.0704. The summed E-state index contributed by atoms with van der Waals surface area (Å²) in [5.41, 5.74) is 0. The van der Waals surface area contributed by atoms with Gasteiger partial charge in [0.2, 0.25) is 11.9 Å². The van der Waals surface area contributed by atoms with Gasteiger partial charge < -0.3 is 20.4 Å². The first-order valence-electron chi connectivity index (χ1n) is 8.73. The van der Waals surface area contributed by atoms with E-state index in [0.29, 0.717) is 38.5 Å². The van der Waals surface area contributed by atoms with Crippen molar-refractivity contribution in [3.63, 3.8) is 0 Å². The molecule has 0 unspecified atom stereocenters. The van der Waals surface area contributed by atoms with Gasteiger partial charge in [0.15, 0.2) is 0 Å². The van der Waals surface area contributed by atoms with Gasteiger partial charge in [0.1, 0.15) is 12.6 Å². The third-order valence-electron chi connectivity index (χ3n) is 4.06. The van der Waals surface area contributed by atoms with Crippen molar-refractivity contribution in [3.8, 4) is 6.07 Å². The number of carbonyl (C=O) groups is 2. The predicted molar refractivity (Wildman–Crippen MR) is 96.2 cm³/mol. The summed E-state index contributed by atoms with van der Waals surface area (Å²) >= 11 is 0. The van der Waals surface area contributed by atoms with Crippen molar-refractivity contribution < 1.29 is 9.59 Å². The van der Waals surface area contributed by atoms with E-state index in [1.807, 2.05) is 24.8 Å². The lowest BCUT2D eigenvalue weighted by atomic mass is 10.0. The lowest BCUT2D eigenvalue weighted by Gasteiger charge is -2.35. The molecule has 1 atom stereocenters. The Balaban J connectivity index is 1.89. The molecule has 2 N–H and O–H groups in total. The number of urea groups is 1. The van der Waals surface area contributed by atoms with E-state index in [0.717, 1.165) is 0 Å². The van der Waals surface area contributed by atoms with Crippen LogP contribution in [-0.2, 0) is 4.79 Å². The van der Waals surface area contributed by atoms with Gasteiger partial charge in [-0.1, -0.05) is 13.8 Å². The molecular weight excluding hydrogens is 334 g/mol. The molecule has 2 rings (SSSR count). The fraction of sp³-hybridized carbons (Fsp3) is 0.588. The third-order valence-corrected chi connectivity index (χ3v) is 4.06. The van der Waals surface area contributed by atoms with Gasteiger partial charge in [-0.15, -0.1) is 0 Å². The molecule has 1 fully saturated rings. The number of nitrogens with one attached hydrogen (secondary N) is 2. The number of hydrogen-bond acceptors (Lipinski definition) is 6. The van der Waals surface area contributed by atoms with Crippen LogP contribution < -0.4 is 15.5 Å². The Morgan fingerprint density at radius 1 is 1.23 bits per heavy atom. The zero-order valence-corrected chi connectivity index (χ0v) is 15.2. The van der Waals surface area contributed by atoms with E-state index in [1.165, 1.54) is 0 Å². The summed E-state index contributed by atoms with van der Waals surface area (Å²) in [6.45, 7) is 6.21. The second-order valence-corrected chi connectivity index (χ2v) is 6.53. The van der Waals surface area contributed by atoms with Gasteiger partial charge >= 0.3 is 6.03 Å². The fourth-order valence-corrected chi connectivity index (χ4v) is 2.76. The predicted octanol–water partition coefficient (Wildman–Crippen LogP) is 0.363. The molecule has 0 saturated carbocycles.